The lowest BCUT2D eigenvalue weighted by atomic mass is 9.80. The fraction of sp³-hybridized carbons (Fsp3) is 0.647. The highest BCUT2D eigenvalue weighted by atomic mass is 19.1. The van der Waals surface area contributed by atoms with E-state index in [-0.39, 0.29) is 29.7 Å². The Morgan fingerprint density at radius 1 is 1.33 bits per heavy atom. The zero-order valence-corrected chi connectivity index (χ0v) is 12.7. The van der Waals surface area contributed by atoms with Gasteiger partial charge in [0.2, 0.25) is 0 Å². The maximum absolute atomic E-state index is 14.5. The Morgan fingerprint density at radius 2 is 2.14 bits per heavy atom. The summed E-state index contributed by atoms with van der Waals surface area (Å²) in [5.74, 6) is -0.693. The SMILES string of the molecule is CCCNC(c1c(F)ccc(C)c1F)C1CC2CCC1O2. The summed E-state index contributed by atoms with van der Waals surface area (Å²) in [5, 5.41) is 3.36. The summed E-state index contributed by atoms with van der Waals surface area (Å²) < 4.78 is 34.7. The van der Waals surface area contributed by atoms with Crippen molar-refractivity contribution in [1.82, 2.24) is 5.32 Å². The van der Waals surface area contributed by atoms with E-state index in [0.717, 1.165) is 32.2 Å². The number of nitrogens with one attached hydrogen (secondary N) is 1. The van der Waals surface area contributed by atoms with Gasteiger partial charge in [0.15, 0.2) is 0 Å². The van der Waals surface area contributed by atoms with Crippen molar-refractivity contribution < 1.29 is 13.5 Å². The molecule has 1 aromatic rings. The van der Waals surface area contributed by atoms with Gasteiger partial charge >= 0.3 is 0 Å². The average molecular weight is 295 g/mol. The molecule has 2 fully saturated rings. The molecule has 4 atom stereocenters. The number of hydrogen-bond donors (Lipinski definition) is 1. The molecule has 0 radical (unpaired) electrons. The Morgan fingerprint density at radius 3 is 2.76 bits per heavy atom. The molecule has 1 aromatic carbocycles. The molecule has 116 valence electrons. The largest absolute Gasteiger partial charge is 0.375 e. The van der Waals surface area contributed by atoms with Crippen LogP contribution in [0.25, 0.3) is 0 Å². The number of benzene rings is 1. The van der Waals surface area contributed by atoms with Crippen molar-refractivity contribution >= 4 is 0 Å². The van der Waals surface area contributed by atoms with Gasteiger partial charge in [0, 0.05) is 17.5 Å². The number of fused-ring (bicyclic) bond motifs is 2. The fourth-order valence-corrected chi connectivity index (χ4v) is 3.76. The predicted molar refractivity (Wildman–Crippen MR) is 78.1 cm³/mol. The van der Waals surface area contributed by atoms with E-state index in [1.807, 2.05) is 0 Å². The Hall–Kier alpha value is -1.00. The first-order chi connectivity index (χ1) is 10.1. The summed E-state index contributed by atoms with van der Waals surface area (Å²) in [5.41, 5.74) is 0.698. The third-order valence-electron chi connectivity index (χ3n) is 4.83. The summed E-state index contributed by atoms with van der Waals surface area (Å²) in [6.07, 6.45) is 4.35. The minimum Gasteiger partial charge on any atom is -0.375 e. The standard InChI is InChI=1S/C17H23F2NO/c1-3-8-20-17(12-9-11-5-7-14(12)21-11)15-13(18)6-4-10(2)16(15)19/h4,6,11-12,14,17,20H,3,5,7-9H2,1-2H3. The maximum atomic E-state index is 14.5. The number of aryl methyl sites for hydroxylation is 1. The minimum absolute atomic E-state index is 0.142. The summed E-state index contributed by atoms with van der Waals surface area (Å²) in [6.45, 7) is 4.50. The topological polar surface area (TPSA) is 21.3 Å². The van der Waals surface area contributed by atoms with E-state index in [9.17, 15) is 8.78 Å². The third kappa shape index (κ3) is 2.71. The van der Waals surface area contributed by atoms with Crippen LogP contribution in [0.15, 0.2) is 12.1 Å². The molecule has 21 heavy (non-hydrogen) atoms. The van der Waals surface area contributed by atoms with E-state index in [1.54, 1.807) is 6.92 Å². The molecular weight excluding hydrogens is 272 g/mol. The van der Waals surface area contributed by atoms with Crippen molar-refractivity contribution in [3.8, 4) is 0 Å². The van der Waals surface area contributed by atoms with Crippen LogP contribution in [0.5, 0.6) is 0 Å². The quantitative estimate of drug-likeness (QED) is 0.890. The Bertz CT molecular complexity index is 520. The van der Waals surface area contributed by atoms with Crippen LogP contribution in [0.4, 0.5) is 8.78 Å². The summed E-state index contributed by atoms with van der Waals surface area (Å²) >= 11 is 0. The Kier molecular flexibility index (Phi) is 4.27. The van der Waals surface area contributed by atoms with Crippen LogP contribution in [0.3, 0.4) is 0 Å². The molecule has 0 saturated carbocycles. The van der Waals surface area contributed by atoms with Gasteiger partial charge in [-0.2, -0.15) is 0 Å². The molecule has 4 heteroatoms. The first-order valence-electron chi connectivity index (χ1n) is 7.95. The van der Waals surface area contributed by atoms with Crippen LogP contribution in [0.2, 0.25) is 0 Å². The molecule has 0 aromatic heterocycles. The van der Waals surface area contributed by atoms with Gasteiger partial charge in [0.25, 0.3) is 0 Å². The molecule has 0 aliphatic carbocycles. The molecular formula is C17H23F2NO. The van der Waals surface area contributed by atoms with Crippen LogP contribution in [-0.4, -0.2) is 18.8 Å². The molecule has 0 spiro atoms. The molecule has 4 unspecified atom stereocenters. The zero-order chi connectivity index (χ0) is 15.0. The fourth-order valence-electron chi connectivity index (χ4n) is 3.76. The third-order valence-corrected chi connectivity index (χ3v) is 4.83. The minimum atomic E-state index is -0.450. The highest BCUT2D eigenvalue weighted by Gasteiger charge is 2.45. The zero-order valence-electron chi connectivity index (χ0n) is 12.7. The number of hydrogen-bond acceptors (Lipinski definition) is 2. The van der Waals surface area contributed by atoms with E-state index in [0.29, 0.717) is 5.56 Å². The van der Waals surface area contributed by atoms with E-state index in [4.69, 9.17) is 4.74 Å². The highest BCUT2D eigenvalue weighted by molar-refractivity contribution is 5.30. The second-order valence-corrected chi connectivity index (χ2v) is 6.30. The molecule has 2 aliphatic heterocycles. The van der Waals surface area contributed by atoms with E-state index < -0.39 is 11.6 Å². The van der Waals surface area contributed by atoms with Crippen molar-refractivity contribution in [3.05, 3.63) is 34.9 Å². The molecule has 2 aliphatic rings. The van der Waals surface area contributed by atoms with Gasteiger partial charge in [-0.05, 0) is 50.8 Å². The van der Waals surface area contributed by atoms with Gasteiger partial charge < -0.3 is 10.1 Å². The van der Waals surface area contributed by atoms with Gasteiger partial charge in [-0.3, -0.25) is 0 Å². The number of ether oxygens (including phenoxy) is 1. The molecule has 2 bridgehead atoms. The summed E-state index contributed by atoms with van der Waals surface area (Å²) in [6, 6.07) is 2.59. The molecule has 1 N–H and O–H groups in total. The molecule has 2 heterocycles. The van der Waals surface area contributed by atoms with Crippen LogP contribution >= 0.6 is 0 Å². The lowest BCUT2D eigenvalue weighted by Crippen LogP contribution is -2.35. The lowest BCUT2D eigenvalue weighted by Gasteiger charge is -2.30. The second-order valence-electron chi connectivity index (χ2n) is 6.30. The Balaban J connectivity index is 1.94. The van der Waals surface area contributed by atoms with Crippen molar-refractivity contribution in [2.45, 2.75) is 57.8 Å². The van der Waals surface area contributed by atoms with Crippen LogP contribution < -0.4 is 5.32 Å². The van der Waals surface area contributed by atoms with Crippen LogP contribution in [-0.2, 0) is 4.74 Å². The molecule has 2 saturated heterocycles. The monoisotopic (exact) mass is 295 g/mol. The summed E-state index contributed by atoms with van der Waals surface area (Å²) in [4.78, 5) is 0. The van der Waals surface area contributed by atoms with Gasteiger partial charge in [-0.1, -0.05) is 13.0 Å². The van der Waals surface area contributed by atoms with Crippen LogP contribution in [0, 0.1) is 24.5 Å². The first kappa shape index (κ1) is 14.9. The van der Waals surface area contributed by atoms with Gasteiger partial charge in [-0.25, -0.2) is 8.78 Å². The van der Waals surface area contributed by atoms with Gasteiger partial charge in [0.05, 0.1) is 12.2 Å². The number of halogens is 2. The van der Waals surface area contributed by atoms with Gasteiger partial charge in [0.1, 0.15) is 11.6 Å². The van der Waals surface area contributed by atoms with E-state index >= 15 is 0 Å². The van der Waals surface area contributed by atoms with Crippen molar-refractivity contribution in [1.29, 1.82) is 0 Å². The van der Waals surface area contributed by atoms with Crippen molar-refractivity contribution in [2.24, 2.45) is 5.92 Å². The molecule has 3 rings (SSSR count). The van der Waals surface area contributed by atoms with E-state index in [2.05, 4.69) is 12.2 Å². The molecule has 0 amide bonds. The van der Waals surface area contributed by atoms with E-state index in [1.165, 1.54) is 12.1 Å². The Labute approximate surface area is 124 Å². The van der Waals surface area contributed by atoms with Gasteiger partial charge in [-0.15, -0.1) is 0 Å². The number of rotatable bonds is 5. The smallest absolute Gasteiger partial charge is 0.133 e. The second kappa shape index (κ2) is 6.01. The normalized spacial score (nSPS) is 29.0. The average Bonchev–Trinajstić information content (AvgIpc) is 3.09. The van der Waals surface area contributed by atoms with Crippen LogP contribution in [0.1, 0.15) is 49.8 Å². The predicted octanol–water partition coefficient (Wildman–Crippen LogP) is 3.88. The lowest BCUT2D eigenvalue weighted by molar-refractivity contribution is 0.0850. The first-order valence-corrected chi connectivity index (χ1v) is 7.95. The maximum Gasteiger partial charge on any atom is 0.133 e. The highest BCUT2D eigenvalue weighted by Crippen LogP contribution is 2.45. The van der Waals surface area contributed by atoms with Crippen molar-refractivity contribution in [3.63, 3.8) is 0 Å². The molecule has 2 nitrogen and oxygen atoms in total. The van der Waals surface area contributed by atoms with Crippen molar-refractivity contribution in [2.75, 3.05) is 6.54 Å². The summed E-state index contributed by atoms with van der Waals surface area (Å²) in [7, 11) is 0.